The Morgan fingerprint density at radius 1 is 0.882 bits per heavy atom. The summed E-state index contributed by atoms with van der Waals surface area (Å²) < 4.78 is 1.68. The van der Waals surface area contributed by atoms with Gasteiger partial charge in [0.15, 0.2) is 5.82 Å². The molecule has 1 aliphatic heterocycles. The molecule has 1 aromatic heterocycles. The monoisotopic (exact) mass is 451 g/mol. The number of aromatic nitrogens is 2. The smallest absolute Gasteiger partial charge is 0.322 e. The number of anilines is 2. The normalized spacial score (nSPS) is 14.2. The maximum Gasteiger partial charge on any atom is 0.322 e. The second-order valence-corrected chi connectivity index (χ2v) is 8.77. The highest BCUT2D eigenvalue weighted by atomic mass is 16.2. The molecule has 1 saturated heterocycles. The Kier molecular flexibility index (Phi) is 6.29. The Bertz CT molecular complexity index is 1230. The van der Waals surface area contributed by atoms with Crippen LogP contribution in [0.2, 0.25) is 0 Å². The molecule has 1 aliphatic rings. The molecule has 0 atom stereocenters. The molecule has 0 saturated carbocycles. The lowest BCUT2D eigenvalue weighted by atomic mass is 9.90. The summed E-state index contributed by atoms with van der Waals surface area (Å²) >= 11 is 0. The molecule has 2 heterocycles. The third-order valence-electron chi connectivity index (χ3n) is 6.47. The zero-order valence-electron chi connectivity index (χ0n) is 19.1. The van der Waals surface area contributed by atoms with Crippen molar-refractivity contribution in [1.29, 1.82) is 0 Å². The summed E-state index contributed by atoms with van der Waals surface area (Å²) in [5.74, 6) is 1.01. The number of piperidine rings is 1. The second kappa shape index (κ2) is 9.83. The van der Waals surface area contributed by atoms with Gasteiger partial charge in [-0.2, -0.15) is 5.10 Å². The van der Waals surface area contributed by atoms with Crippen LogP contribution in [0, 0.1) is 5.92 Å². The highest BCUT2D eigenvalue weighted by Crippen LogP contribution is 2.34. The predicted molar refractivity (Wildman–Crippen MR) is 137 cm³/mol. The van der Waals surface area contributed by atoms with Crippen molar-refractivity contribution in [2.75, 3.05) is 24.1 Å². The van der Waals surface area contributed by atoms with E-state index in [4.69, 9.17) is 10.8 Å². The molecule has 3 aromatic carbocycles. The molecule has 0 spiro atoms. The zero-order chi connectivity index (χ0) is 23.3. The van der Waals surface area contributed by atoms with Crippen LogP contribution in [-0.2, 0) is 6.42 Å². The molecule has 6 heteroatoms. The summed E-state index contributed by atoms with van der Waals surface area (Å²) in [6.07, 6.45) is 3.05. The van der Waals surface area contributed by atoms with Crippen molar-refractivity contribution in [2.24, 2.45) is 5.92 Å². The first kappa shape index (κ1) is 21.8. The molecule has 3 N–H and O–H groups in total. The zero-order valence-corrected chi connectivity index (χ0v) is 19.1. The van der Waals surface area contributed by atoms with Crippen LogP contribution in [0.5, 0.6) is 0 Å². The maximum atomic E-state index is 13.2. The van der Waals surface area contributed by atoms with Crippen LogP contribution >= 0.6 is 0 Å². The van der Waals surface area contributed by atoms with Crippen LogP contribution in [0.1, 0.15) is 18.4 Å². The molecule has 0 unspecified atom stereocenters. The number of nitrogens with one attached hydrogen (secondary N) is 1. The van der Waals surface area contributed by atoms with E-state index >= 15 is 0 Å². The first-order chi connectivity index (χ1) is 16.7. The van der Waals surface area contributed by atoms with E-state index < -0.39 is 0 Å². The standard InChI is InChI=1S/C28H29N5O/c29-27-26(25(23-12-6-2-7-13-23)31-33(27)24-14-8-3-9-15-24)30-28(34)32-18-16-22(17-19-32)20-21-10-4-1-5-11-21/h1-15,22H,16-20,29H2,(H,30,34). The maximum absolute atomic E-state index is 13.2. The minimum absolute atomic E-state index is 0.130. The topological polar surface area (TPSA) is 76.2 Å². The van der Waals surface area contributed by atoms with Gasteiger partial charge >= 0.3 is 6.03 Å². The number of hydrogen-bond donors (Lipinski definition) is 2. The molecule has 6 nitrogen and oxygen atoms in total. The van der Waals surface area contributed by atoms with Gasteiger partial charge in [0.1, 0.15) is 11.4 Å². The van der Waals surface area contributed by atoms with E-state index in [1.54, 1.807) is 4.68 Å². The molecule has 34 heavy (non-hydrogen) atoms. The third kappa shape index (κ3) is 4.66. The van der Waals surface area contributed by atoms with Crippen LogP contribution < -0.4 is 11.1 Å². The van der Waals surface area contributed by atoms with Gasteiger partial charge in [-0.1, -0.05) is 78.9 Å². The SMILES string of the molecule is Nc1c(NC(=O)N2CCC(Cc3ccccc3)CC2)c(-c2ccccc2)nn1-c1ccccc1. The van der Waals surface area contributed by atoms with Crippen LogP contribution in [0.15, 0.2) is 91.0 Å². The third-order valence-corrected chi connectivity index (χ3v) is 6.47. The number of rotatable bonds is 5. The Hall–Kier alpha value is -4.06. The van der Waals surface area contributed by atoms with Gasteiger partial charge in [-0.25, -0.2) is 9.48 Å². The Morgan fingerprint density at radius 3 is 2.12 bits per heavy atom. The lowest BCUT2D eigenvalue weighted by Gasteiger charge is -2.32. The lowest BCUT2D eigenvalue weighted by molar-refractivity contribution is 0.182. The van der Waals surface area contributed by atoms with Crippen LogP contribution in [-0.4, -0.2) is 33.8 Å². The van der Waals surface area contributed by atoms with Crippen LogP contribution in [0.4, 0.5) is 16.3 Å². The minimum Gasteiger partial charge on any atom is -0.382 e. The molecular weight excluding hydrogens is 422 g/mol. The van der Waals surface area contributed by atoms with Crippen molar-refractivity contribution in [3.05, 3.63) is 96.6 Å². The molecule has 2 amide bonds. The number of nitrogens with zero attached hydrogens (tertiary/aromatic N) is 3. The van der Waals surface area contributed by atoms with E-state index in [2.05, 4.69) is 29.6 Å². The molecule has 1 fully saturated rings. The molecule has 0 aliphatic carbocycles. The molecule has 4 aromatic rings. The highest BCUT2D eigenvalue weighted by Gasteiger charge is 2.26. The molecule has 0 bridgehead atoms. The van der Waals surface area contributed by atoms with E-state index in [1.165, 1.54) is 5.56 Å². The Morgan fingerprint density at radius 2 is 1.47 bits per heavy atom. The van der Waals surface area contributed by atoms with E-state index in [9.17, 15) is 4.79 Å². The van der Waals surface area contributed by atoms with Gasteiger partial charge in [-0.3, -0.25) is 0 Å². The lowest BCUT2D eigenvalue weighted by Crippen LogP contribution is -2.41. The Balaban J connectivity index is 1.33. The first-order valence-electron chi connectivity index (χ1n) is 11.8. The number of benzene rings is 3. The average Bonchev–Trinajstić information content (AvgIpc) is 3.22. The molecular formula is C28H29N5O. The minimum atomic E-state index is -0.130. The quantitative estimate of drug-likeness (QED) is 0.414. The summed E-state index contributed by atoms with van der Waals surface area (Å²) in [4.78, 5) is 15.1. The summed E-state index contributed by atoms with van der Waals surface area (Å²) in [6.45, 7) is 1.47. The fourth-order valence-corrected chi connectivity index (χ4v) is 4.59. The number of amides is 2. The van der Waals surface area contributed by atoms with Gasteiger partial charge in [0.25, 0.3) is 0 Å². The van der Waals surface area contributed by atoms with Crippen LogP contribution in [0.3, 0.4) is 0 Å². The van der Waals surface area contributed by atoms with Crippen LogP contribution in [0.25, 0.3) is 16.9 Å². The van der Waals surface area contributed by atoms with E-state index in [1.807, 2.05) is 71.6 Å². The van der Waals surface area contributed by atoms with Crippen molar-refractivity contribution in [2.45, 2.75) is 19.3 Å². The highest BCUT2D eigenvalue weighted by molar-refractivity contribution is 5.97. The van der Waals surface area contributed by atoms with E-state index in [0.717, 1.165) is 43.6 Å². The molecule has 5 rings (SSSR count). The van der Waals surface area contributed by atoms with E-state index in [-0.39, 0.29) is 6.03 Å². The number of likely N-dealkylation sites (tertiary alicyclic amines) is 1. The summed E-state index contributed by atoms with van der Waals surface area (Å²) in [7, 11) is 0. The van der Waals surface area contributed by atoms with Crippen molar-refractivity contribution < 1.29 is 4.79 Å². The first-order valence-corrected chi connectivity index (χ1v) is 11.8. The van der Waals surface area contributed by atoms with Gasteiger partial charge in [-0.15, -0.1) is 0 Å². The number of para-hydroxylation sites is 1. The van der Waals surface area contributed by atoms with E-state index in [0.29, 0.717) is 23.1 Å². The second-order valence-electron chi connectivity index (χ2n) is 8.77. The van der Waals surface area contributed by atoms with Crippen molar-refractivity contribution in [3.63, 3.8) is 0 Å². The number of carbonyl (C=O) groups is 1. The largest absolute Gasteiger partial charge is 0.382 e. The van der Waals surface area contributed by atoms with Crippen molar-refractivity contribution in [1.82, 2.24) is 14.7 Å². The number of nitrogens with two attached hydrogens (primary N) is 1. The average molecular weight is 452 g/mol. The van der Waals surface area contributed by atoms with Gasteiger partial charge in [0.2, 0.25) is 0 Å². The van der Waals surface area contributed by atoms with Gasteiger partial charge in [-0.05, 0) is 42.9 Å². The summed E-state index contributed by atoms with van der Waals surface area (Å²) in [5.41, 5.74) is 10.8. The predicted octanol–water partition coefficient (Wildman–Crippen LogP) is 5.61. The van der Waals surface area contributed by atoms with Gasteiger partial charge < -0.3 is 16.0 Å². The molecule has 0 radical (unpaired) electrons. The van der Waals surface area contributed by atoms with Gasteiger partial charge in [0, 0.05) is 18.7 Å². The number of urea groups is 1. The van der Waals surface area contributed by atoms with Gasteiger partial charge in [0.05, 0.1) is 5.69 Å². The van der Waals surface area contributed by atoms with Crippen molar-refractivity contribution in [3.8, 4) is 16.9 Å². The fourth-order valence-electron chi connectivity index (χ4n) is 4.59. The summed E-state index contributed by atoms with van der Waals surface area (Å²) in [5, 5.41) is 7.85. The summed E-state index contributed by atoms with van der Waals surface area (Å²) in [6, 6.07) is 30.0. The number of nitrogen functional groups attached to an aromatic ring is 1. The number of hydrogen-bond acceptors (Lipinski definition) is 3. The molecule has 172 valence electrons. The Labute approximate surface area is 200 Å². The fraction of sp³-hybridized carbons (Fsp3) is 0.214. The number of carbonyl (C=O) groups excluding carboxylic acids is 1. The van der Waals surface area contributed by atoms with Crippen molar-refractivity contribution >= 4 is 17.5 Å².